The molecule has 0 aliphatic carbocycles. The Morgan fingerprint density at radius 3 is 2.33 bits per heavy atom. The van der Waals surface area contributed by atoms with Gasteiger partial charge in [0, 0.05) is 29.5 Å². The first kappa shape index (κ1) is 25.0. The third kappa shape index (κ3) is 6.91. The van der Waals surface area contributed by atoms with E-state index in [4.69, 9.17) is 23.2 Å². The molecule has 10 heteroatoms. The Kier molecular flexibility index (Phi) is 8.31. The SMILES string of the molecule is Cc1ccc(NC(=O)N(CCCNS(=O)(=O)c2cc(Cl)ccc2Cl)c2ccc(F)cc2)cc1. The van der Waals surface area contributed by atoms with E-state index in [1.807, 2.05) is 19.1 Å². The third-order valence-electron chi connectivity index (χ3n) is 4.72. The minimum Gasteiger partial charge on any atom is -0.308 e. The summed E-state index contributed by atoms with van der Waals surface area (Å²) < 4.78 is 41.0. The van der Waals surface area contributed by atoms with Crippen LogP contribution in [0.1, 0.15) is 12.0 Å². The number of carbonyl (C=O) groups is 1. The molecule has 0 aromatic heterocycles. The summed E-state index contributed by atoms with van der Waals surface area (Å²) in [5.74, 6) is -0.427. The number of sulfonamides is 1. The fourth-order valence-corrected chi connectivity index (χ4v) is 4.84. The van der Waals surface area contributed by atoms with Crippen molar-refractivity contribution in [1.82, 2.24) is 4.72 Å². The number of halogens is 3. The number of hydrogen-bond donors (Lipinski definition) is 2. The second-order valence-corrected chi connectivity index (χ2v) is 9.83. The van der Waals surface area contributed by atoms with Gasteiger partial charge in [0.1, 0.15) is 10.7 Å². The van der Waals surface area contributed by atoms with E-state index < -0.39 is 21.9 Å². The first-order valence-corrected chi connectivity index (χ1v) is 12.2. The number of hydrogen-bond acceptors (Lipinski definition) is 3. The van der Waals surface area contributed by atoms with E-state index in [0.29, 0.717) is 11.4 Å². The average molecular weight is 510 g/mol. The summed E-state index contributed by atoms with van der Waals surface area (Å²) in [7, 11) is -3.89. The minimum atomic E-state index is -3.89. The molecule has 0 aliphatic rings. The van der Waals surface area contributed by atoms with Gasteiger partial charge in [-0.15, -0.1) is 0 Å². The third-order valence-corrected chi connectivity index (χ3v) is 6.90. The molecule has 3 rings (SSSR count). The average Bonchev–Trinajstić information content (AvgIpc) is 2.77. The van der Waals surface area contributed by atoms with Gasteiger partial charge >= 0.3 is 6.03 Å². The lowest BCUT2D eigenvalue weighted by Crippen LogP contribution is -2.37. The number of aryl methyl sites for hydroxylation is 1. The van der Waals surface area contributed by atoms with E-state index in [-0.39, 0.29) is 34.5 Å². The van der Waals surface area contributed by atoms with Gasteiger partial charge in [0.05, 0.1) is 5.02 Å². The van der Waals surface area contributed by atoms with E-state index in [9.17, 15) is 17.6 Å². The zero-order chi connectivity index (χ0) is 24.0. The van der Waals surface area contributed by atoms with Crippen molar-refractivity contribution in [2.75, 3.05) is 23.3 Å². The van der Waals surface area contributed by atoms with Crippen LogP contribution in [0, 0.1) is 12.7 Å². The zero-order valence-corrected chi connectivity index (χ0v) is 20.0. The van der Waals surface area contributed by atoms with Crippen molar-refractivity contribution < 1.29 is 17.6 Å². The molecule has 0 heterocycles. The van der Waals surface area contributed by atoms with Crippen LogP contribution in [0.3, 0.4) is 0 Å². The molecule has 6 nitrogen and oxygen atoms in total. The lowest BCUT2D eigenvalue weighted by atomic mass is 10.2. The number of benzene rings is 3. The fourth-order valence-electron chi connectivity index (χ4n) is 3.00. The van der Waals surface area contributed by atoms with Gasteiger partial charge in [-0.2, -0.15) is 0 Å². The first-order valence-electron chi connectivity index (χ1n) is 10.0. The Hall–Kier alpha value is -2.65. The zero-order valence-electron chi connectivity index (χ0n) is 17.7. The van der Waals surface area contributed by atoms with Gasteiger partial charge in [0.15, 0.2) is 0 Å². The Labute approximate surface area is 202 Å². The number of carbonyl (C=O) groups excluding carboxylic acids is 1. The number of nitrogens with zero attached hydrogens (tertiary/aromatic N) is 1. The molecule has 0 radical (unpaired) electrons. The molecule has 33 heavy (non-hydrogen) atoms. The van der Waals surface area contributed by atoms with Crippen molar-refractivity contribution >= 4 is 50.6 Å². The predicted molar refractivity (Wildman–Crippen MR) is 130 cm³/mol. The highest BCUT2D eigenvalue weighted by atomic mass is 35.5. The van der Waals surface area contributed by atoms with E-state index in [1.165, 1.54) is 47.4 Å². The van der Waals surface area contributed by atoms with Crippen LogP contribution in [0.4, 0.5) is 20.6 Å². The Bertz CT molecular complexity index is 1220. The molecule has 2 amide bonds. The van der Waals surface area contributed by atoms with Gasteiger partial charge in [0.25, 0.3) is 0 Å². The Balaban J connectivity index is 1.68. The molecule has 0 bridgehead atoms. The van der Waals surface area contributed by atoms with Crippen molar-refractivity contribution in [3.05, 3.63) is 88.2 Å². The van der Waals surface area contributed by atoms with Gasteiger partial charge in [-0.3, -0.25) is 4.90 Å². The van der Waals surface area contributed by atoms with Gasteiger partial charge in [-0.1, -0.05) is 40.9 Å². The number of urea groups is 1. The molecule has 0 aliphatic heterocycles. The van der Waals surface area contributed by atoms with Crippen LogP contribution in [-0.2, 0) is 10.0 Å². The molecular formula is C23H22Cl2FN3O3S. The van der Waals surface area contributed by atoms with E-state index in [1.54, 1.807) is 12.1 Å². The van der Waals surface area contributed by atoms with Crippen LogP contribution in [-0.4, -0.2) is 27.5 Å². The lowest BCUT2D eigenvalue weighted by molar-refractivity contribution is 0.257. The molecule has 0 atom stereocenters. The molecule has 0 saturated carbocycles. The van der Waals surface area contributed by atoms with Gasteiger partial charge in [-0.05, 0) is 67.9 Å². The molecule has 3 aromatic rings. The van der Waals surface area contributed by atoms with E-state index in [2.05, 4.69) is 10.0 Å². The quantitative estimate of drug-likeness (QED) is 0.374. The van der Waals surface area contributed by atoms with E-state index >= 15 is 0 Å². The van der Waals surface area contributed by atoms with Crippen molar-refractivity contribution in [3.63, 3.8) is 0 Å². The van der Waals surface area contributed by atoms with Gasteiger partial charge in [0.2, 0.25) is 10.0 Å². The van der Waals surface area contributed by atoms with Crippen LogP contribution in [0.2, 0.25) is 10.0 Å². The van der Waals surface area contributed by atoms with Crippen LogP contribution in [0.25, 0.3) is 0 Å². The van der Waals surface area contributed by atoms with Crippen molar-refractivity contribution in [3.8, 4) is 0 Å². The monoisotopic (exact) mass is 509 g/mol. The molecule has 0 unspecified atom stereocenters. The van der Waals surface area contributed by atoms with Crippen LogP contribution < -0.4 is 14.9 Å². The summed E-state index contributed by atoms with van der Waals surface area (Å²) in [4.78, 5) is 14.2. The topological polar surface area (TPSA) is 78.5 Å². The van der Waals surface area contributed by atoms with Crippen molar-refractivity contribution in [2.45, 2.75) is 18.2 Å². The fraction of sp³-hybridized carbons (Fsp3) is 0.174. The minimum absolute atomic E-state index is 0.0423. The normalized spacial score (nSPS) is 11.3. The lowest BCUT2D eigenvalue weighted by Gasteiger charge is -2.23. The summed E-state index contributed by atoms with van der Waals surface area (Å²) >= 11 is 11.9. The Morgan fingerprint density at radius 2 is 1.67 bits per heavy atom. The molecule has 0 saturated heterocycles. The molecule has 3 aromatic carbocycles. The largest absolute Gasteiger partial charge is 0.326 e. The van der Waals surface area contributed by atoms with Crippen LogP contribution in [0.5, 0.6) is 0 Å². The molecule has 2 N–H and O–H groups in total. The van der Waals surface area contributed by atoms with E-state index in [0.717, 1.165) is 5.56 Å². The number of anilines is 2. The highest BCUT2D eigenvalue weighted by Crippen LogP contribution is 2.25. The standard InChI is InChI=1S/C23H22Cl2FN3O3S/c1-16-3-8-19(9-4-16)28-23(30)29(20-10-6-18(26)7-11-20)14-2-13-27-33(31,32)22-15-17(24)5-12-21(22)25/h3-12,15,27H,2,13-14H2,1H3,(H,28,30). The number of nitrogens with one attached hydrogen (secondary N) is 2. The summed E-state index contributed by atoms with van der Waals surface area (Å²) in [5, 5.41) is 3.10. The van der Waals surface area contributed by atoms with Crippen molar-refractivity contribution in [2.24, 2.45) is 0 Å². The Morgan fingerprint density at radius 1 is 1.00 bits per heavy atom. The first-order chi connectivity index (χ1) is 15.7. The maximum atomic E-state index is 13.4. The molecule has 0 spiro atoms. The highest BCUT2D eigenvalue weighted by Gasteiger charge is 2.20. The molecule has 174 valence electrons. The second kappa shape index (κ2) is 11.0. The maximum absolute atomic E-state index is 13.4. The van der Waals surface area contributed by atoms with Gasteiger partial charge < -0.3 is 5.32 Å². The second-order valence-electron chi connectivity index (χ2n) is 7.25. The van der Waals surface area contributed by atoms with Gasteiger partial charge in [-0.25, -0.2) is 22.3 Å². The number of amides is 2. The molecule has 0 fully saturated rings. The predicted octanol–water partition coefficient (Wildman–Crippen LogP) is 5.85. The number of rotatable bonds is 8. The van der Waals surface area contributed by atoms with Crippen LogP contribution >= 0.6 is 23.2 Å². The molecular weight excluding hydrogens is 488 g/mol. The summed E-state index contributed by atoms with van der Waals surface area (Å²) in [6, 6.07) is 16.5. The maximum Gasteiger partial charge on any atom is 0.326 e. The summed E-state index contributed by atoms with van der Waals surface area (Å²) in [5.41, 5.74) is 2.13. The van der Waals surface area contributed by atoms with Crippen molar-refractivity contribution in [1.29, 1.82) is 0 Å². The summed E-state index contributed by atoms with van der Waals surface area (Å²) in [6.45, 7) is 2.16. The smallest absolute Gasteiger partial charge is 0.308 e. The van der Waals surface area contributed by atoms with Crippen LogP contribution in [0.15, 0.2) is 71.6 Å². The summed E-state index contributed by atoms with van der Waals surface area (Å²) in [6.07, 6.45) is 0.288. The highest BCUT2D eigenvalue weighted by molar-refractivity contribution is 7.89.